The van der Waals surface area contributed by atoms with E-state index < -0.39 is 18.1 Å². The minimum absolute atomic E-state index is 0.365. The van der Waals surface area contributed by atoms with Crippen molar-refractivity contribution in [3.63, 3.8) is 0 Å². The normalized spacial score (nSPS) is 11.8. The highest BCUT2D eigenvalue weighted by atomic mass is 16.3. The van der Waals surface area contributed by atoms with Crippen LogP contribution in [0.25, 0.3) is 0 Å². The molecule has 0 aromatic heterocycles. The predicted molar refractivity (Wildman–Crippen MR) is 44.4 cm³/mol. The zero-order chi connectivity index (χ0) is 10.9. The molecule has 0 bridgehead atoms. The molecule has 0 saturated carbocycles. The predicted octanol–water partition coefficient (Wildman–Crippen LogP) is -3.88. The molecule has 0 radical (unpaired) electrons. The highest BCUT2D eigenvalue weighted by Gasteiger charge is 2.04. The fourth-order valence-electron chi connectivity index (χ4n) is 0.148. The monoisotopic (exact) mass is 196 g/mol. The van der Waals surface area contributed by atoms with E-state index in [0.717, 1.165) is 0 Å². The van der Waals surface area contributed by atoms with Gasteiger partial charge in [0.2, 0.25) is 5.91 Å². The Hall–Kier alpha value is -0.730. The molecular weight excluding hydrogens is 180 g/mol. The first kappa shape index (κ1) is 14.8. The lowest BCUT2D eigenvalue weighted by molar-refractivity contribution is -0.120. The van der Waals surface area contributed by atoms with E-state index >= 15 is 0 Å². The number of hydrogen-bond acceptors (Lipinski definition) is 6. The van der Waals surface area contributed by atoms with Crippen LogP contribution in [0, 0.1) is 0 Å². The van der Waals surface area contributed by atoms with E-state index in [9.17, 15) is 4.79 Å². The molecule has 7 heteroatoms. The second-order valence-corrected chi connectivity index (χ2v) is 2.21. The second kappa shape index (κ2) is 9.36. The number of aliphatic hydroxyl groups excluding tert-OH is 4. The fourth-order valence-corrected chi connectivity index (χ4v) is 0.148. The number of carbonyl (C=O) groups excluding carboxylic acids is 1. The molecule has 0 spiro atoms. The van der Waals surface area contributed by atoms with Crippen LogP contribution in [0.15, 0.2) is 0 Å². The van der Waals surface area contributed by atoms with Crippen LogP contribution in [-0.4, -0.2) is 58.3 Å². The molecule has 0 aromatic carbocycles. The average molecular weight is 196 g/mol. The molecule has 0 aromatic rings. The quantitative estimate of drug-likeness (QED) is 0.271. The number of aliphatic hydroxyl groups is 4. The average Bonchev–Trinajstić information content (AvgIpc) is 2.16. The Balaban J connectivity index is 0. The van der Waals surface area contributed by atoms with Gasteiger partial charge in [0.15, 0.2) is 0 Å². The van der Waals surface area contributed by atoms with Gasteiger partial charge in [-0.2, -0.15) is 0 Å². The van der Waals surface area contributed by atoms with Crippen molar-refractivity contribution in [3.05, 3.63) is 0 Å². The number of rotatable bonds is 4. The van der Waals surface area contributed by atoms with Gasteiger partial charge >= 0.3 is 0 Å². The molecule has 13 heavy (non-hydrogen) atoms. The second-order valence-electron chi connectivity index (χ2n) is 2.21. The van der Waals surface area contributed by atoms with E-state index in [1.807, 2.05) is 0 Å². The number of carbonyl (C=O) groups is 1. The highest BCUT2D eigenvalue weighted by Crippen LogP contribution is 1.71. The molecule has 0 aliphatic rings. The zero-order valence-electron chi connectivity index (χ0n) is 7.13. The van der Waals surface area contributed by atoms with Crippen molar-refractivity contribution in [1.29, 1.82) is 0 Å². The van der Waals surface area contributed by atoms with Crippen LogP contribution in [0.2, 0.25) is 0 Å². The number of hydrogen-bond donors (Lipinski definition) is 6. The summed E-state index contributed by atoms with van der Waals surface area (Å²) >= 11 is 0. The third-order valence-electron chi connectivity index (χ3n) is 0.984. The van der Waals surface area contributed by atoms with Crippen molar-refractivity contribution in [2.75, 3.05) is 19.8 Å². The molecule has 0 aliphatic carbocycles. The van der Waals surface area contributed by atoms with Crippen LogP contribution < -0.4 is 11.5 Å². The van der Waals surface area contributed by atoms with E-state index in [1.165, 1.54) is 0 Å². The van der Waals surface area contributed by atoms with Crippen LogP contribution in [-0.2, 0) is 4.79 Å². The third kappa shape index (κ3) is 11.3. The van der Waals surface area contributed by atoms with Crippen molar-refractivity contribution < 1.29 is 25.2 Å². The van der Waals surface area contributed by atoms with E-state index in [1.54, 1.807) is 0 Å². The van der Waals surface area contributed by atoms with E-state index in [2.05, 4.69) is 5.73 Å². The summed E-state index contributed by atoms with van der Waals surface area (Å²) in [5.74, 6) is -0.678. The Morgan fingerprint density at radius 2 is 1.54 bits per heavy atom. The topological polar surface area (TPSA) is 150 Å². The summed E-state index contributed by atoms with van der Waals surface area (Å²) in [6.45, 7) is -1.11. The maximum atomic E-state index is 9.87. The van der Waals surface area contributed by atoms with Crippen molar-refractivity contribution in [1.82, 2.24) is 0 Å². The fraction of sp³-hybridized carbons (Fsp3) is 0.833. The summed E-state index contributed by atoms with van der Waals surface area (Å²) in [6.07, 6.45) is -0.954. The summed E-state index contributed by atoms with van der Waals surface area (Å²) in [7, 11) is 0. The summed E-state index contributed by atoms with van der Waals surface area (Å²) < 4.78 is 0. The first-order valence-electron chi connectivity index (χ1n) is 3.55. The summed E-state index contributed by atoms with van der Waals surface area (Å²) in [6, 6.07) is -0.903. The van der Waals surface area contributed by atoms with Crippen LogP contribution in [0.5, 0.6) is 0 Å². The first-order chi connectivity index (χ1) is 5.99. The van der Waals surface area contributed by atoms with Crippen molar-refractivity contribution >= 4 is 5.91 Å². The molecule has 7 nitrogen and oxygen atoms in total. The van der Waals surface area contributed by atoms with Gasteiger partial charge in [-0.3, -0.25) is 4.79 Å². The molecule has 8 N–H and O–H groups in total. The zero-order valence-corrected chi connectivity index (χ0v) is 7.13. The highest BCUT2D eigenvalue weighted by molar-refractivity contribution is 5.79. The van der Waals surface area contributed by atoms with Crippen LogP contribution in [0.3, 0.4) is 0 Å². The Morgan fingerprint density at radius 1 is 1.15 bits per heavy atom. The van der Waals surface area contributed by atoms with Gasteiger partial charge in [-0.05, 0) is 0 Å². The Kier molecular flexibility index (Phi) is 10.6. The molecular formula is C6H16N2O5. The van der Waals surface area contributed by atoms with Gasteiger partial charge in [0, 0.05) is 0 Å². The Bertz CT molecular complexity index is 128. The Morgan fingerprint density at radius 3 is 1.54 bits per heavy atom. The van der Waals surface area contributed by atoms with Crippen LogP contribution >= 0.6 is 0 Å². The van der Waals surface area contributed by atoms with E-state index in [4.69, 9.17) is 26.2 Å². The van der Waals surface area contributed by atoms with Crippen molar-refractivity contribution in [2.45, 2.75) is 12.1 Å². The lowest BCUT2D eigenvalue weighted by Crippen LogP contribution is -2.39. The summed E-state index contributed by atoms with van der Waals surface area (Å²) in [4.78, 5) is 9.87. The summed E-state index contributed by atoms with van der Waals surface area (Å²) in [5.41, 5.74) is 9.51. The van der Waals surface area contributed by atoms with Gasteiger partial charge in [0.05, 0.1) is 19.8 Å². The van der Waals surface area contributed by atoms with Gasteiger partial charge in [-0.15, -0.1) is 0 Å². The largest absolute Gasteiger partial charge is 0.394 e. The molecule has 0 aliphatic heterocycles. The van der Waals surface area contributed by atoms with Crippen LogP contribution in [0.1, 0.15) is 0 Å². The standard InChI is InChI=1S/C3H8N2O2.C3H8O3/c4-2(1-6)3(5)7;4-1-3(6)2-5/h2,6H,1,4H2,(H2,5,7);3-6H,1-2H2/t2-;/m0./s1. The summed E-state index contributed by atoms with van der Waals surface area (Å²) in [5, 5.41) is 32.1. The van der Waals surface area contributed by atoms with Gasteiger partial charge in [-0.1, -0.05) is 0 Å². The molecule has 0 unspecified atom stereocenters. The van der Waals surface area contributed by atoms with Gasteiger partial charge in [0.25, 0.3) is 0 Å². The molecule has 80 valence electrons. The van der Waals surface area contributed by atoms with E-state index in [0.29, 0.717) is 0 Å². The molecule has 1 atom stereocenters. The van der Waals surface area contributed by atoms with Crippen molar-refractivity contribution in [3.8, 4) is 0 Å². The molecule has 0 heterocycles. The lowest BCUT2D eigenvalue weighted by atomic mass is 10.3. The smallest absolute Gasteiger partial charge is 0.236 e. The Labute approximate surface area is 75.6 Å². The SMILES string of the molecule is NC(=O)[C@@H](N)CO.OCC(O)CO. The molecule has 0 rings (SSSR count). The first-order valence-corrected chi connectivity index (χ1v) is 3.55. The number of amides is 1. The van der Waals surface area contributed by atoms with Gasteiger partial charge in [-0.25, -0.2) is 0 Å². The van der Waals surface area contributed by atoms with Gasteiger partial charge in [0.1, 0.15) is 12.1 Å². The number of nitrogens with two attached hydrogens (primary N) is 2. The lowest BCUT2D eigenvalue weighted by Gasteiger charge is -1.97. The minimum atomic E-state index is -0.954. The minimum Gasteiger partial charge on any atom is -0.394 e. The molecule has 0 saturated heterocycles. The third-order valence-corrected chi connectivity index (χ3v) is 0.984. The number of primary amides is 1. The molecule has 1 amide bonds. The van der Waals surface area contributed by atoms with Crippen LogP contribution in [0.4, 0.5) is 0 Å². The van der Waals surface area contributed by atoms with Gasteiger partial charge < -0.3 is 31.9 Å². The van der Waals surface area contributed by atoms with Crippen molar-refractivity contribution in [2.24, 2.45) is 11.5 Å². The maximum absolute atomic E-state index is 9.87. The van der Waals surface area contributed by atoms with E-state index in [-0.39, 0.29) is 19.8 Å². The molecule has 0 fully saturated rings. The maximum Gasteiger partial charge on any atom is 0.236 e.